The quantitative estimate of drug-likeness (QED) is 0.884. The highest BCUT2D eigenvalue weighted by Gasteiger charge is 2.22. The number of ether oxygens (including phenoxy) is 3. The third-order valence-electron chi connectivity index (χ3n) is 3.97. The first kappa shape index (κ1) is 17.6. The van der Waals surface area contributed by atoms with Gasteiger partial charge in [0.15, 0.2) is 11.5 Å². The summed E-state index contributed by atoms with van der Waals surface area (Å²) in [6, 6.07) is 11.5. The van der Waals surface area contributed by atoms with Gasteiger partial charge in [0.1, 0.15) is 5.75 Å². The molecule has 1 unspecified atom stereocenters. The second-order valence-corrected chi connectivity index (χ2v) is 7.46. The van der Waals surface area contributed by atoms with Crippen LogP contribution in [0.15, 0.2) is 47.4 Å². The first-order valence-electron chi connectivity index (χ1n) is 8.06. The molecule has 1 aliphatic rings. The SMILES string of the molecule is COc1ccccc1C(C)NS(=O)(=O)c1ccc2c(c1)OCCCO2. The van der Waals surface area contributed by atoms with Gasteiger partial charge in [0.25, 0.3) is 0 Å². The van der Waals surface area contributed by atoms with Gasteiger partial charge in [0, 0.05) is 24.1 Å². The predicted octanol–water partition coefficient (Wildman–Crippen LogP) is 2.90. The van der Waals surface area contributed by atoms with Crippen molar-refractivity contribution in [3.05, 3.63) is 48.0 Å². The molecule has 0 bridgehead atoms. The molecule has 1 atom stereocenters. The van der Waals surface area contributed by atoms with E-state index in [9.17, 15) is 8.42 Å². The van der Waals surface area contributed by atoms with Crippen LogP contribution < -0.4 is 18.9 Å². The van der Waals surface area contributed by atoms with Crippen molar-refractivity contribution in [2.45, 2.75) is 24.3 Å². The van der Waals surface area contributed by atoms with Gasteiger partial charge in [-0.3, -0.25) is 0 Å². The van der Waals surface area contributed by atoms with Crippen LogP contribution in [-0.4, -0.2) is 28.7 Å². The summed E-state index contributed by atoms with van der Waals surface area (Å²) in [5.74, 6) is 1.65. The van der Waals surface area contributed by atoms with Crippen LogP contribution in [0.2, 0.25) is 0 Å². The van der Waals surface area contributed by atoms with Crippen LogP contribution in [0.5, 0.6) is 17.2 Å². The number of rotatable bonds is 5. The highest BCUT2D eigenvalue weighted by Crippen LogP contribution is 2.32. The molecule has 0 aromatic heterocycles. The van der Waals surface area contributed by atoms with E-state index in [1.165, 1.54) is 12.1 Å². The minimum Gasteiger partial charge on any atom is -0.496 e. The Morgan fingerprint density at radius 2 is 1.80 bits per heavy atom. The van der Waals surface area contributed by atoms with Crippen LogP contribution in [0.25, 0.3) is 0 Å². The molecule has 1 aliphatic heterocycles. The Kier molecular flexibility index (Phi) is 5.15. The lowest BCUT2D eigenvalue weighted by Crippen LogP contribution is -2.27. The van der Waals surface area contributed by atoms with Crippen LogP contribution >= 0.6 is 0 Å². The summed E-state index contributed by atoms with van der Waals surface area (Å²) in [6.07, 6.45) is 0.764. The summed E-state index contributed by atoms with van der Waals surface area (Å²) in [7, 11) is -2.16. The van der Waals surface area contributed by atoms with Gasteiger partial charge < -0.3 is 14.2 Å². The van der Waals surface area contributed by atoms with Crippen LogP contribution in [0.1, 0.15) is 24.9 Å². The second kappa shape index (κ2) is 7.33. The zero-order valence-electron chi connectivity index (χ0n) is 14.2. The number of hydrogen-bond acceptors (Lipinski definition) is 5. The van der Waals surface area contributed by atoms with Crippen molar-refractivity contribution >= 4 is 10.0 Å². The molecule has 6 nitrogen and oxygen atoms in total. The fraction of sp³-hybridized carbons (Fsp3) is 0.333. The Balaban J connectivity index is 1.85. The topological polar surface area (TPSA) is 73.9 Å². The second-order valence-electron chi connectivity index (χ2n) is 5.74. The first-order valence-corrected chi connectivity index (χ1v) is 9.54. The van der Waals surface area contributed by atoms with Crippen molar-refractivity contribution in [3.8, 4) is 17.2 Å². The molecule has 3 rings (SSSR count). The maximum absolute atomic E-state index is 12.7. The average Bonchev–Trinajstić information content (AvgIpc) is 2.86. The van der Waals surface area contributed by atoms with Gasteiger partial charge in [0.05, 0.1) is 25.2 Å². The number of para-hydroxylation sites is 1. The van der Waals surface area contributed by atoms with Crippen molar-refractivity contribution in [3.63, 3.8) is 0 Å². The van der Waals surface area contributed by atoms with Crippen LogP contribution in [-0.2, 0) is 10.0 Å². The van der Waals surface area contributed by atoms with Crippen LogP contribution in [0.3, 0.4) is 0 Å². The number of fused-ring (bicyclic) bond motifs is 1. The fourth-order valence-electron chi connectivity index (χ4n) is 2.70. The normalized spacial score (nSPS) is 15.3. The lowest BCUT2D eigenvalue weighted by Gasteiger charge is -2.18. The summed E-state index contributed by atoms with van der Waals surface area (Å²) in [6.45, 7) is 2.84. The van der Waals surface area contributed by atoms with Crippen molar-refractivity contribution in [1.29, 1.82) is 0 Å². The van der Waals surface area contributed by atoms with Gasteiger partial charge >= 0.3 is 0 Å². The molecule has 0 fully saturated rings. The first-order chi connectivity index (χ1) is 12.0. The van der Waals surface area contributed by atoms with Gasteiger partial charge in [0.2, 0.25) is 10.0 Å². The monoisotopic (exact) mass is 363 g/mol. The van der Waals surface area contributed by atoms with E-state index in [0.717, 1.165) is 12.0 Å². The van der Waals surface area contributed by atoms with E-state index >= 15 is 0 Å². The molecular weight excluding hydrogens is 342 g/mol. The largest absolute Gasteiger partial charge is 0.496 e. The minimum absolute atomic E-state index is 0.137. The molecule has 1 N–H and O–H groups in total. The summed E-state index contributed by atoms with van der Waals surface area (Å²) in [5.41, 5.74) is 0.767. The number of hydrogen-bond donors (Lipinski definition) is 1. The summed E-state index contributed by atoms with van der Waals surface area (Å²) in [5, 5.41) is 0. The molecule has 2 aromatic rings. The van der Waals surface area contributed by atoms with Crippen LogP contribution in [0.4, 0.5) is 0 Å². The third-order valence-corrected chi connectivity index (χ3v) is 5.51. The van der Waals surface area contributed by atoms with Gasteiger partial charge in [-0.05, 0) is 25.1 Å². The number of benzene rings is 2. The predicted molar refractivity (Wildman–Crippen MR) is 93.8 cm³/mol. The van der Waals surface area contributed by atoms with E-state index in [-0.39, 0.29) is 4.90 Å². The van der Waals surface area contributed by atoms with E-state index in [0.29, 0.717) is 30.5 Å². The third kappa shape index (κ3) is 3.88. The Bertz CT molecular complexity index is 850. The Hall–Kier alpha value is -2.25. The van der Waals surface area contributed by atoms with Gasteiger partial charge in [-0.25, -0.2) is 13.1 Å². The highest BCUT2D eigenvalue weighted by molar-refractivity contribution is 7.89. The summed E-state index contributed by atoms with van der Waals surface area (Å²) in [4.78, 5) is 0.137. The van der Waals surface area contributed by atoms with Gasteiger partial charge in [-0.1, -0.05) is 18.2 Å². The molecule has 7 heteroatoms. The molecule has 134 valence electrons. The lowest BCUT2D eigenvalue weighted by atomic mass is 10.1. The molecule has 0 saturated heterocycles. The number of sulfonamides is 1. The Labute approximate surface area is 147 Å². The fourth-order valence-corrected chi connectivity index (χ4v) is 3.94. The lowest BCUT2D eigenvalue weighted by molar-refractivity contribution is 0.297. The van der Waals surface area contributed by atoms with Crippen molar-refractivity contribution in [2.75, 3.05) is 20.3 Å². The van der Waals surface area contributed by atoms with Crippen LogP contribution in [0, 0.1) is 0 Å². The van der Waals surface area contributed by atoms with E-state index in [4.69, 9.17) is 14.2 Å². The Morgan fingerprint density at radius 1 is 1.08 bits per heavy atom. The van der Waals surface area contributed by atoms with Crippen molar-refractivity contribution in [2.24, 2.45) is 0 Å². The maximum atomic E-state index is 12.7. The maximum Gasteiger partial charge on any atom is 0.241 e. The van der Waals surface area contributed by atoms with Gasteiger partial charge in [-0.2, -0.15) is 0 Å². The Morgan fingerprint density at radius 3 is 2.56 bits per heavy atom. The van der Waals surface area contributed by atoms with E-state index in [2.05, 4.69) is 4.72 Å². The van der Waals surface area contributed by atoms with Crippen molar-refractivity contribution in [1.82, 2.24) is 4.72 Å². The van der Waals surface area contributed by atoms with E-state index in [1.54, 1.807) is 26.2 Å². The van der Waals surface area contributed by atoms with E-state index in [1.807, 2.05) is 18.2 Å². The smallest absolute Gasteiger partial charge is 0.241 e. The molecule has 0 radical (unpaired) electrons. The highest BCUT2D eigenvalue weighted by atomic mass is 32.2. The van der Waals surface area contributed by atoms with Gasteiger partial charge in [-0.15, -0.1) is 0 Å². The molecule has 2 aromatic carbocycles. The van der Waals surface area contributed by atoms with Crippen molar-refractivity contribution < 1.29 is 22.6 Å². The molecule has 0 aliphatic carbocycles. The molecule has 0 amide bonds. The zero-order valence-corrected chi connectivity index (χ0v) is 15.0. The number of nitrogens with one attached hydrogen (secondary N) is 1. The molecule has 1 heterocycles. The molecule has 0 spiro atoms. The molecular formula is C18H21NO5S. The minimum atomic E-state index is -3.72. The molecule has 0 saturated carbocycles. The number of methoxy groups -OCH3 is 1. The standard InChI is InChI=1S/C18H21NO5S/c1-13(15-6-3-4-7-16(15)22-2)19-25(20,21)14-8-9-17-18(12-14)24-11-5-10-23-17/h3-4,6-9,12-13,19H,5,10-11H2,1-2H3. The molecule has 25 heavy (non-hydrogen) atoms. The summed E-state index contributed by atoms with van der Waals surface area (Å²) < 4.78 is 44.6. The van der Waals surface area contributed by atoms with E-state index < -0.39 is 16.1 Å². The average molecular weight is 363 g/mol. The summed E-state index contributed by atoms with van der Waals surface area (Å²) >= 11 is 0. The zero-order chi connectivity index (χ0) is 17.9.